The Morgan fingerprint density at radius 3 is 2.43 bits per heavy atom. The second kappa shape index (κ2) is 7.83. The minimum absolute atomic E-state index is 0.0388. The molecule has 3 unspecified atom stereocenters. The molecular weight excluding hydrogens is 348 g/mol. The lowest BCUT2D eigenvalue weighted by Crippen LogP contribution is -2.13. The van der Waals surface area contributed by atoms with Crippen molar-refractivity contribution >= 4 is 5.97 Å². The SMILES string of the molecule is CC(C)=CC1C(C(=O)OC(C)c2ccc(C)c(Oc3ccccc3)c2)C1(C)C. The van der Waals surface area contributed by atoms with Gasteiger partial charge in [-0.3, -0.25) is 4.79 Å². The highest BCUT2D eigenvalue weighted by atomic mass is 16.5. The molecule has 1 aliphatic rings. The van der Waals surface area contributed by atoms with Gasteiger partial charge in [0.2, 0.25) is 0 Å². The Kier molecular flexibility index (Phi) is 5.64. The van der Waals surface area contributed by atoms with Crippen molar-refractivity contribution in [2.75, 3.05) is 0 Å². The van der Waals surface area contributed by atoms with Gasteiger partial charge in [0.25, 0.3) is 0 Å². The van der Waals surface area contributed by atoms with Gasteiger partial charge in [0.05, 0.1) is 5.92 Å². The number of hydrogen-bond acceptors (Lipinski definition) is 3. The van der Waals surface area contributed by atoms with Gasteiger partial charge in [-0.05, 0) is 68.4 Å². The van der Waals surface area contributed by atoms with E-state index in [9.17, 15) is 4.79 Å². The zero-order valence-electron chi connectivity index (χ0n) is 17.7. The van der Waals surface area contributed by atoms with E-state index in [0.29, 0.717) is 0 Å². The van der Waals surface area contributed by atoms with Crippen LogP contribution in [0.25, 0.3) is 0 Å². The largest absolute Gasteiger partial charge is 0.458 e. The molecule has 1 saturated carbocycles. The number of ether oxygens (including phenoxy) is 2. The van der Waals surface area contributed by atoms with Gasteiger partial charge in [0, 0.05) is 0 Å². The van der Waals surface area contributed by atoms with Crippen LogP contribution < -0.4 is 4.74 Å². The minimum atomic E-state index is -0.324. The number of allylic oxidation sites excluding steroid dienone is 2. The Balaban J connectivity index is 1.71. The van der Waals surface area contributed by atoms with E-state index in [2.05, 4.69) is 33.8 Å². The third-order valence-corrected chi connectivity index (χ3v) is 5.62. The van der Waals surface area contributed by atoms with Gasteiger partial charge in [-0.2, -0.15) is 0 Å². The smallest absolute Gasteiger partial charge is 0.310 e. The third kappa shape index (κ3) is 4.30. The Hall–Kier alpha value is -2.55. The van der Waals surface area contributed by atoms with Crippen molar-refractivity contribution in [3.05, 3.63) is 71.3 Å². The highest BCUT2D eigenvalue weighted by Crippen LogP contribution is 2.60. The number of carbonyl (C=O) groups is 1. The van der Waals surface area contributed by atoms with E-state index in [-0.39, 0.29) is 29.3 Å². The lowest BCUT2D eigenvalue weighted by molar-refractivity contribution is -0.151. The van der Waals surface area contributed by atoms with E-state index >= 15 is 0 Å². The molecule has 148 valence electrons. The van der Waals surface area contributed by atoms with E-state index in [1.165, 1.54) is 5.57 Å². The van der Waals surface area contributed by atoms with Crippen molar-refractivity contribution in [3.8, 4) is 11.5 Å². The fourth-order valence-electron chi connectivity index (χ4n) is 3.71. The molecule has 3 nitrogen and oxygen atoms in total. The van der Waals surface area contributed by atoms with Crippen LogP contribution >= 0.6 is 0 Å². The normalized spacial score (nSPS) is 20.8. The van der Waals surface area contributed by atoms with Crippen LogP contribution in [0.4, 0.5) is 0 Å². The summed E-state index contributed by atoms with van der Waals surface area (Å²) in [6.07, 6.45) is 1.86. The summed E-state index contributed by atoms with van der Waals surface area (Å²) in [5.41, 5.74) is 3.17. The monoisotopic (exact) mass is 378 g/mol. The quantitative estimate of drug-likeness (QED) is 0.418. The van der Waals surface area contributed by atoms with Crippen LogP contribution in [0.3, 0.4) is 0 Å². The highest BCUT2D eigenvalue weighted by molar-refractivity contribution is 5.78. The van der Waals surface area contributed by atoms with Crippen LogP contribution in [0.15, 0.2) is 60.2 Å². The highest BCUT2D eigenvalue weighted by Gasteiger charge is 2.61. The minimum Gasteiger partial charge on any atom is -0.458 e. The van der Waals surface area contributed by atoms with Gasteiger partial charge in [-0.25, -0.2) is 0 Å². The summed E-state index contributed by atoms with van der Waals surface area (Å²) < 4.78 is 11.8. The fourth-order valence-corrected chi connectivity index (χ4v) is 3.71. The molecule has 0 bridgehead atoms. The molecule has 0 spiro atoms. The summed E-state index contributed by atoms with van der Waals surface area (Å²) in [7, 11) is 0. The molecule has 0 aromatic heterocycles. The molecule has 1 fully saturated rings. The first kappa shape index (κ1) is 20.2. The average molecular weight is 379 g/mol. The van der Waals surface area contributed by atoms with Crippen molar-refractivity contribution in [2.24, 2.45) is 17.3 Å². The topological polar surface area (TPSA) is 35.5 Å². The first-order chi connectivity index (χ1) is 13.2. The number of para-hydroxylation sites is 1. The van der Waals surface area contributed by atoms with Gasteiger partial charge >= 0.3 is 5.97 Å². The molecule has 0 heterocycles. The molecule has 3 rings (SSSR count). The average Bonchev–Trinajstić information content (AvgIpc) is 3.17. The summed E-state index contributed by atoms with van der Waals surface area (Å²) in [4.78, 5) is 12.8. The van der Waals surface area contributed by atoms with Crippen molar-refractivity contribution in [1.82, 2.24) is 0 Å². The summed E-state index contributed by atoms with van der Waals surface area (Å²) in [6, 6.07) is 15.7. The maximum atomic E-state index is 12.8. The Labute approximate surface area is 168 Å². The van der Waals surface area contributed by atoms with Gasteiger partial charge in [-0.1, -0.05) is 55.8 Å². The van der Waals surface area contributed by atoms with Crippen LogP contribution in [0.5, 0.6) is 11.5 Å². The molecule has 2 aromatic carbocycles. The third-order valence-electron chi connectivity index (χ3n) is 5.62. The molecule has 28 heavy (non-hydrogen) atoms. The predicted molar refractivity (Wildman–Crippen MR) is 112 cm³/mol. The van der Waals surface area contributed by atoms with Gasteiger partial charge in [0.1, 0.15) is 17.6 Å². The summed E-state index contributed by atoms with van der Waals surface area (Å²) in [5, 5.41) is 0. The van der Waals surface area contributed by atoms with E-state index in [4.69, 9.17) is 9.47 Å². The maximum Gasteiger partial charge on any atom is 0.310 e. The van der Waals surface area contributed by atoms with Crippen molar-refractivity contribution < 1.29 is 14.3 Å². The van der Waals surface area contributed by atoms with E-state index in [1.54, 1.807) is 0 Å². The van der Waals surface area contributed by atoms with Crippen LogP contribution in [-0.4, -0.2) is 5.97 Å². The first-order valence-corrected chi connectivity index (χ1v) is 9.89. The van der Waals surface area contributed by atoms with Crippen LogP contribution in [0, 0.1) is 24.2 Å². The van der Waals surface area contributed by atoms with Gasteiger partial charge in [-0.15, -0.1) is 0 Å². The zero-order chi connectivity index (χ0) is 20.5. The molecule has 0 aliphatic heterocycles. The molecule has 0 N–H and O–H groups in total. The molecule has 3 heteroatoms. The molecule has 1 aliphatic carbocycles. The van der Waals surface area contributed by atoms with E-state index in [0.717, 1.165) is 22.6 Å². The zero-order valence-corrected chi connectivity index (χ0v) is 17.7. The van der Waals surface area contributed by atoms with Gasteiger partial charge < -0.3 is 9.47 Å². The first-order valence-electron chi connectivity index (χ1n) is 9.89. The Morgan fingerprint density at radius 2 is 1.79 bits per heavy atom. The molecule has 2 aromatic rings. The number of rotatable bonds is 6. The number of aryl methyl sites for hydroxylation is 1. The second-order valence-electron chi connectivity index (χ2n) is 8.59. The Bertz CT molecular complexity index is 876. The number of hydrogen-bond donors (Lipinski definition) is 0. The Morgan fingerprint density at radius 1 is 1.11 bits per heavy atom. The van der Waals surface area contributed by atoms with Crippen LogP contribution in [0.1, 0.15) is 51.8 Å². The number of carbonyl (C=O) groups excluding carboxylic acids is 1. The summed E-state index contributed by atoms with van der Waals surface area (Å²) in [6.45, 7) is 12.3. The number of esters is 1. The van der Waals surface area contributed by atoms with Crippen molar-refractivity contribution in [1.29, 1.82) is 0 Å². The molecular formula is C25H30O3. The van der Waals surface area contributed by atoms with E-state index < -0.39 is 0 Å². The maximum absolute atomic E-state index is 12.8. The lowest BCUT2D eigenvalue weighted by atomic mass is 10.1. The molecule has 0 amide bonds. The van der Waals surface area contributed by atoms with Gasteiger partial charge in [0.15, 0.2) is 0 Å². The molecule has 0 radical (unpaired) electrons. The van der Waals surface area contributed by atoms with Crippen molar-refractivity contribution in [3.63, 3.8) is 0 Å². The lowest BCUT2D eigenvalue weighted by Gasteiger charge is -2.17. The second-order valence-corrected chi connectivity index (χ2v) is 8.59. The van der Waals surface area contributed by atoms with Crippen molar-refractivity contribution in [2.45, 2.75) is 47.6 Å². The summed E-state index contributed by atoms with van der Waals surface area (Å²) >= 11 is 0. The molecule has 3 atom stereocenters. The number of benzene rings is 2. The fraction of sp³-hybridized carbons (Fsp3) is 0.400. The molecule has 0 saturated heterocycles. The van der Waals surface area contributed by atoms with Crippen LogP contribution in [0.2, 0.25) is 0 Å². The predicted octanol–water partition coefficient (Wildman–Crippen LogP) is 6.63. The van der Waals surface area contributed by atoms with E-state index in [1.807, 2.05) is 62.4 Å². The standard InChI is InChI=1S/C25H30O3/c1-16(2)14-21-23(25(21,5)6)24(26)27-18(4)19-13-12-17(3)22(15-19)28-20-10-8-7-9-11-20/h7-15,18,21,23H,1-6H3. The van der Waals surface area contributed by atoms with Crippen LogP contribution in [-0.2, 0) is 9.53 Å². The summed E-state index contributed by atoms with van der Waals surface area (Å²) in [5.74, 6) is 1.63.